The van der Waals surface area contributed by atoms with Gasteiger partial charge in [0, 0.05) is 17.6 Å². The molecular formula is C31H34Cl3N3O5S. The number of hydrogen-bond acceptors (Lipinski definition) is 5. The number of ether oxygens (including phenoxy) is 1. The zero-order valence-electron chi connectivity index (χ0n) is 23.9. The molecule has 0 spiro atoms. The molecule has 230 valence electrons. The molecular weight excluding hydrogens is 633 g/mol. The molecule has 2 amide bonds. The number of rotatable bonds is 12. The normalized spacial score (nSPS) is 14.3. The zero-order valence-corrected chi connectivity index (χ0v) is 27.0. The Labute approximate surface area is 267 Å². The molecule has 8 nitrogen and oxygen atoms in total. The third-order valence-electron chi connectivity index (χ3n) is 7.45. The van der Waals surface area contributed by atoms with Gasteiger partial charge in [-0.05, 0) is 79.4 Å². The highest BCUT2D eigenvalue weighted by molar-refractivity contribution is 7.92. The van der Waals surface area contributed by atoms with Gasteiger partial charge in [-0.1, -0.05) is 66.7 Å². The number of amides is 2. The molecule has 1 N–H and O–H groups in total. The molecule has 3 aromatic carbocycles. The molecule has 1 saturated carbocycles. The van der Waals surface area contributed by atoms with Crippen molar-refractivity contribution >= 4 is 62.3 Å². The average Bonchev–Trinajstić information content (AvgIpc) is 3.50. The summed E-state index contributed by atoms with van der Waals surface area (Å²) in [5.41, 5.74) is 0.844. The van der Waals surface area contributed by atoms with Gasteiger partial charge in [-0.3, -0.25) is 13.9 Å². The monoisotopic (exact) mass is 665 g/mol. The minimum absolute atomic E-state index is 0.0122. The van der Waals surface area contributed by atoms with Crippen LogP contribution in [0.4, 0.5) is 5.69 Å². The molecule has 0 aliphatic heterocycles. The number of sulfonamides is 1. The number of benzene rings is 3. The molecule has 1 aliphatic carbocycles. The summed E-state index contributed by atoms with van der Waals surface area (Å²) in [5, 5.41) is 4.05. The lowest BCUT2D eigenvalue weighted by Crippen LogP contribution is -2.53. The molecule has 1 fully saturated rings. The molecule has 0 aromatic heterocycles. The minimum atomic E-state index is -4.25. The molecule has 3 aromatic rings. The van der Waals surface area contributed by atoms with Crippen LogP contribution >= 0.6 is 34.8 Å². The topological polar surface area (TPSA) is 96.0 Å². The molecule has 43 heavy (non-hydrogen) atoms. The van der Waals surface area contributed by atoms with Gasteiger partial charge < -0.3 is 15.0 Å². The lowest BCUT2D eigenvalue weighted by Gasteiger charge is -2.34. The Morgan fingerprint density at radius 2 is 1.67 bits per heavy atom. The van der Waals surface area contributed by atoms with E-state index in [1.54, 1.807) is 36.4 Å². The van der Waals surface area contributed by atoms with Gasteiger partial charge in [-0.15, -0.1) is 0 Å². The standard InChI is InChI=1S/C31H34Cl3N3O5S/c1-3-29(31(39)35-23-8-4-5-9-23)36(19-21-11-16-27(33)28(34)17-21)30(38)20-37(24-10-6-7-22(32)18-24)43(40,41)26-14-12-25(42-2)13-15-26/h6-7,10-18,23,29H,3-5,8-9,19-20H2,1-2H3,(H,35,39)/t29-/m0/s1. The Balaban J connectivity index is 1.73. The molecule has 1 aliphatic rings. The van der Waals surface area contributed by atoms with E-state index in [1.807, 2.05) is 6.92 Å². The fourth-order valence-electron chi connectivity index (χ4n) is 5.16. The fourth-order valence-corrected chi connectivity index (χ4v) is 7.07. The van der Waals surface area contributed by atoms with E-state index >= 15 is 0 Å². The van der Waals surface area contributed by atoms with Crippen LogP contribution in [0.1, 0.15) is 44.6 Å². The maximum Gasteiger partial charge on any atom is 0.264 e. The van der Waals surface area contributed by atoms with Crippen molar-refractivity contribution in [1.82, 2.24) is 10.2 Å². The average molecular weight is 667 g/mol. The Morgan fingerprint density at radius 3 is 2.28 bits per heavy atom. The van der Waals surface area contributed by atoms with Crippen LogP contribution in [-0.4, -0.2) is 50.9 Å². The van der Waals surface area contributed by atoms with Crippen molar-refractivity contribution in [3.8, 4) is 5.75 Å². The van der Waals surface area contributed by atoms with Crippen molar-refractivity contribution in [3.05, 3.63) is 87.4 Å². The Bertz CT molecular complexity index is 1550. The zero-order chi connectivity index (χ0) is 31.1. The lowest BCUT2D eigenvalue weighted by molar-refractivity contribution is -0.140. The molecule has 1 atom stereocenters. The third kappa shape index (κ3) is 8.15. The summed E-state index contributed by atoms with van der Waals surface area (Å²) >= 11 is 18.6. The van der Waals surface area contributed by atoms with Crippen LogP contribution in [-0.2, 0) is 26.2 Å². The first-order valence-electron chi connectivity index (χ1n) is 14.0. The Kier molecular flexibility index (Phi) is 11.2. The van der Waals surface area contributed by atoms with E-state index in [0.29, 0.717) is 32.8 Å². The number of nitrogens with zero attached hydrogens (tertiary/aromatic N) is 2. The second kappa shape index (κ2) is 14.7. The summed E-state index contributed by atoms with van der Waals surface area (Å²) in [6.07, 6.45) is 4.14. The Hall–Kier alpha value is -2.98. The molecule has 4 rings (SSSR count). The molecule has 0 radical (unpaired) electrons. The molecule has 0 saturated heterocycles. The van der Waals surface area contributed by atoms with Gasteiger partial charge in [0.2, 0.25) is 11.8 Å². The highest BCUT2D eigenvalue weighted by atomic mass is 35.5. The number of carbonyl (C=O) groups is 2. The fraction of sp³-hybridized carbons (Fsp3) is 0.355. The summed E-state index contributed by atoms with van der Waals surface area (Å²) in [4.78, 5) is 29.1. The summed E-state index contributed by atoms with van der Waals surface area (Å²) in [6, 6.07) is 16.3. The predicted molar refractivity (Wildman–Crippen MR) is 170 cm³/mol. The first-order valence-corrected chi connectivity index (χ1v) is 16.6. The van der Waals surface area contributed by atoms with Crippen LogP contribution in [0.3, 0.4) is 0 Å². The van der Waals surface area contributed by atoms with E-state index in [-0.39, 0.29) is 29.1 Å². The van der Waals surface area contributed by atoms with E-state index in [9.17, 15) is 18.0 Å². The van der Waals surface area contributed by atoms with Crippen molar-refractivity contribution in [3.63, 3.8) is 0 Å². The minimum Gasteiger partial charge on any atom is -0.497 e. The second-order valence-electron chi connectivity index (χ2n) is 10.4. The summed E-state index contributed by atoms with van der Waals surface area (Å²) in [5.74, 6) is -0.372. The van der Waals surface area contributed by atoms with Gasteiger partial charge in [-0.25, -0.2) is 8.42 Å². The number of anilines is 1. The first-order chi connectivity index (χ1) is 20.5. The Morgan fingerprint density at radius 1 is 0.977 bits per heavy atom. The van der Waals surface area contributed by atoms with Crippen molar-refractivity contribution in [1.29, 1.82) is 0 Å². The van der Waals surface area contributed by atoms with E-state index < -0.39 is 28.5 Å². The van der Waals surface area contributed by atoms with Crippen molar-refractivity contribution in [2.24, 2.45) is 0 Å². The molecule has 0 unspecified atom stereocenters. The summed E-state index contributed by atoms with van der Waals surface area (Å²) in [7, 11) is -2.77. The smallest absolute Gasteiger partial charge is 0.264 e. The second-order valence-corrected chi connectivity index (χ2v) is 13.5. The number of hydrogen-bond donors (Lipinski definition) is 1. The van der Waals surface area contributed by atoms with Crippen molar-refractivity contribution in [2.75, 3.05) is 18.0 Å². The van der Waals surface area contributed by atoms with Crippen molar-refractivity contribution in [2.45, 2.75) is 62.6 Å². The van der Waals surface area contributed by atoms with E-state index in [0.717, 1.165) is 30.0 Å². The maximum absolute atomic E-state index is 14.2. The predicted octanol–water partition coefficient (Wildman–Crippen LogP) is 6.72. The van der Waals surface area contributed by atoms with Crippen LogP contribution < -0.4 is 14.4 Å². The van der Waals surface area contributed by atoms with Gasteiger partial charge in [-0.2, -0.15) is 0 Å². The summed E-state index contributed by atoms with van der Waals surface area (Å²) in [6.45, 7) is 1.25. The largest absolute Gasteiger partial charge is 0.497 e. The van der Waals surface area contributed by atoms with E-state index in [4.69, 9.17) is 39.5 Å². The number of nitrogens with one attached hydrogen (secondary N) is 1. The van der Waals surface area contributed by atoms with Gasteiger partial charge in [0.1, 0.15) is 18.3 Å². The number of carbonyl (C=O) groups excluding carboxylic acids is 2. The van der Waals surface area contributed by atoms with Crippen LogP contribution in [0.15, 0.2) is 71.6 Å². The van der Waals surface area contributed by atoms with Gasteiger partial charge in [0.25, 0.3) is 10.0 Å². The molecule has 0 bridgehead atoms. The van der Waals surface area contributed by atoms with Gasteiger partial charge in [0.15, 0.2) is 0 Å². The molecule has 12 heteroatoms. The van der Waals surface area contributed by atoms with Crippen LogP contribution in [0.25, 0.3) is 0 Å². The third-order valence-corrected chi connectivity index (χ3v) is 10.2. The van der Waals surface area contributed by atoms with Crippen LogP contribution in [0.5, 0.6) is 5.75 Å². The lowest BCUT2D eigenvalue weighted by atomic mass is 10.1. The van der Waals surface area contributed by atoms with Crippen molar-refractivity contribution < 1.29 is 22.7 Å². The SMILES string of the molecule is CC[C@@H](C(=O)NC1CCCC1)N(Cc1ccc(Cl)c(Cl)c1)C(=O)CN(c1cccc(Cl)c1)S(=O)(=O)c1ccc(OC)cc1. The van der Waals surface area contributed by atoms with E-state index in [2.05, 4.69) is 5.32 Å². The first kappa shape index (κ1) is 32.9. The van der Waals surface area contributed by atoms with Gasteiger partial charge in [0.05, 0.1) is 27.7 Å². The number of halogens is 3. The number of methoxy groups -OCH3 is 1. The highest BCUT2D eigenvalue weighted by Crippen LogP contribution is 2.29. The highest BCUT2D eigenvalue weighted by Gasteiger charge is 2.34. The quantitative estimate of drug-likeness (QED) is 0.232. The van der Waals surface area contributed by atoms with Crippen LogP contribution in [0.2, 0.25) is 15.1 Å². The summed E-state index contributed by atoms with van der Waals surface area (Å²) < 4.78 is 34.2. The maximum atomic E-state index is 14.2. The van der Waals surface area contributed by atoms with Gasteiger partial charge >= 0.3 is 0 Å². The van der Waals surface area contributed by atoms with Crippen LogP contribution in [0, 0.1) is 0 Å². The molecule has 0 heterocycles. The van der Waals surface area contributed by atoms with E-state index in [1.165, 1.54) is 42.3 Å².